The monoisotopic (exact) mass is 405 g/mol. The van der Waals surface area contributed by atoms with E-state index >= 15 is 0 Å². The van der Waals surface area contributed by atoms with Gasteiger partial charge in [-0.25, -0.2) is 0 Å². The zero-order chi connectivity index (χ0) is 12.0. The van der Waals surface area contributed by atoms with Gasteiger partial charge in [-0.2, -0.15) is 49.2 Å². The molecule has 0 unspecified atom stereocenters. The third kappa shape index (κ3) is 11.5. The van der Waals surface area contributed by atoms with Gasteiger partial charge in [0.05, 0.1) is 0 Å². The molecule has 0 aliphatic rings. The number of hydrogen-bond acceptors (Lipinski definition) is 2. The van der Waals surface area contributed by atoms with E-state index in [4.69, 9.17) is 11.5 Å². The van der Waals surface area contributed by atoms with E-state index in [-0.39, 0.29) is 72.8 Å². The molecule has 98 valence electrons. The third-order valence-electron chi connectivity index (χ3n) is 1.96. The Kier molecular flexibility index (Phi) is 16.4. The van der Waals surface area contributed by atoms with Crippen molar-refractivity contribution in [3.8, 4) is 0 Å². The van der Waals surface area contributed by atoms with E-state index in [1.54, 1.807) is 0 Å². The van der Waals surface area contributed by atoms with Gasteiger partial charge in [-0.05, 0) is 0 Å². The normalized spacial score (nSPS) is 7.58. The molecule has 0 spiro atoms. The van der Waals surface area contributed by atoms with Gasteiger partial charge in [0.15, 0.2) is 0 Å². The van der Waals surface area contributed by atoms with Crippen LogP contribution in [0.4, 0.5) is 11.4 Å². The minimum atomic E-state index is 0. The van der Waals surface area contributed by atoms with Crippen molar-refractivity contribution >= 4 is 11.4 Å². The summed E-state index contributed by atoms with van der Waals surface area (Å²) < 4.78 is 0. The molecule has 19 heavy (non-hydrogen) atoms. The summed E-state index contributed by atoms with van der Waals surface area (Å²) in [5, 5.41) is 0. The SMILES string of the molecule is [CH2-]c1ccc(N)cc1.[CH2-]c1ccc(N)cc1.[CH3-].[Y].[Y]. The van der Waals surface area contributed by atoms with E-state index in [1.165, 1.54) is 0 Å². The summed E-state index contributed by atoms with van der Waals surface area (Å²) in [6.07, 6.45) is 0. The average Bonchev–Trinajstić information content (AvgIpc) is 2.28. The second-order valence-electron chi connectivity index (χ2n) is 3.48. The van der Waals surface area contributed by atoms with Crippen LogP contribution < -0.4 is 11.5 Å². The van der Waals surface area contributed by atoms with Crippen LogP contribution in [-0.2, 0) is 65.4 Å². The molecular formula is C15H19N2Y2-3. The molecule has 4 N–H and O–H groups in total. The zero-order valence-corrected chi connectivity index (χ0v) is 17.0. The van der Waals surface area contributed by atoms with Crippen LogP contribution >= 0.6 is 0 Å². The minimum Gasteiger partial charge on any atom is -0.400 e. The van der Waals surface area contributed by atoms with Crippen molar-refractivity contribution in [3.63, 3.8) is 0 Å². The summed E-state index contributed by atoms with van der Waals surface area (Å²) in [6, 6.07) is 14.9. The van der Waals surface area contributed by atoms with Crippen molar-refractivity contribution in [2.24, 2.45) is 0 Å². The molecule has 0 heterocycles. The summed E-state index contributed by atoms with van der Waals surface area (Å²) in [6.45, 7) is 7.41. The van der Waals surface area contributed by atoms with E-state index in [2.05, 4.69) is 13.8 Å². The van der Waals surface area contributed by atoms with Crippen LogP contribution in [0.5, 0.6) is 0 Å². The Labute approximate surface area is 167 Å². The minimum absolute atomic E-state index is 0. The van der Waals surface area contributed by atoms with Crippen LogP contribution in [0.25, 0.3) is 0 Å². The molecule has 2 rings (SSSR count). The Hall–Kier alpha value is -0.0122. The first-order valence-corrected chi connectivity index (χ1v) is 4.93. The Morgan fingerprint density at radius 1 is 0.579 bits per heavy atom. The number of rotatable bonds is 0. The Bertz CT molecular complexity index is 339. The maximum atomic E-state index is 5.40. The molecule has 2 aromatic carbocycles. The van der Waals surface area contributed by atoms with E-state index in [9.17, 15) is 0 Å². The van der Waals surface area contributed by atoms with E-state index in [0.717, 1.165) is 22.5 Å². The van der Waals surface area contributed by atoms with Crippen LogP contribution in [0, 0.1) is 21.3 Å². The zero-order valence-electron chi connectivity index (χ0n) is 11.3. The van der Waals surface area contributed by atoms with Gasteiger partial charge < -0.3 is 18.9 Å². The molecular weight excluding hydrogens is 386 g/mol. The first-order valence-electron chi connectivity index (χ1n) is 4.93. The first-order chi connectivity index (χ1) is 7.58. The largest absolute Gasteiger partial charge is 0.400 e. The molecule has 0 aliphatic carbocycles. The molecule has 0 aliphatic heterocycles. The predicted molar refractivity (Wildman–Crippen MR) is 77.0 cm³/mol. The third-order valence-corrected chi connectivity index (χ3v) is 1.96. The fraction of sp³-hybridized carbons (Fsp3) is 0. The van der Waals surface area contributed by atoms with E-state index in [1.807, 2.05) is 48.5 Å². The van der Waals surface area contributed by atoms with Gasteiger partial charge in [-0.1, -0.05) is 24.3 Å². The van der Waals surface area contributed by atoms with Crippen LogP contribution in [-0.4, -0.2) is 0 Å². The molecule has 0 saturated heterocycles. The van der Waals surface area contributed by atoms with Gasteiger partial charge in [0.1, 0.15) is 0 Å². The Morgan fingerprint density at radius 2 is 0.789 bits per heavy atom. The first kappa shape index (κ1) is 24.0. The van der Waals surface area contributed by atoms with Crippen LogP contribution in [0.15, 0.2) is 48.5 Å². The number of benzene rings is 2. The van der Waals surface area contributed by atoms with Gasteiger partial charge in [0, 0.05) is 76.8 Å². The van der Waals surface area contributed by atoms with E-state index < -0.39 is 0 Å². The summed E-state index contributed by atoms with van der Waals surface area (Å²) in [7, 11) is 0. The molecule has 0 atom stereocenters. The summed E-state index contributed by atoms with van der Waals surface area (Å²) in [5.41, 5.74) is 14.4. The average molecular weight is 405 g/mol. The smallest absolute Gasteiger partial charge is 0.00678 e. The fourth-order valence-electron chi connectivity index (χ4n) is 1.04. The maximum absolute atomic E-state index is 5.40. The standard InChI is InChI=1S/2C7H8N.CH3.2Y/c2*1-6-2-4-7(8)5-3-6;;;/h2*2-5H,1,8H2;1H3;;/q3*-1;;. The van der Waals surface area contributed by atoms with Gasteiger partial charge in [0.2, 0.25) is 0 Å². The van der Waals surface area contributed by atoms with Crippen molar-refractivity contribution < 1.29 is 65.4 Å². The number of nitrogen functional groups attached to an aromatic ring is 2. The summed E-state index contributed by atoms with van der Waals surface area (Å²) in [4.78, 5) is 0. The van der Waals surface area contributed by atoms with Gasteiger partial charge >= 0.3 is 0 Å². The predicted octanol–water partition coefficient (Wildman–Crippen LogP) is 3.35. The number of hydrogen-bond donors (Lipinski definition) is 2. The van der Waals surface area contributed by atoms with Gasteiger partial charge in [0.25, 0.3) is 0 Å². The van der Waals surface area contributed by atoms with Crippen molar-refractivity contribution in [1.29, 1.82) is 0 Å². The molecule has 0 bridgehead atoms. The van der Waals surface area contributed by atoms with Crippen molar-refractivity contribution in [2.75, 3.05) is 11.5 Å². The van der Waals surface area contributed by atoms with Crippen molar-refractivity contribution in [3.05, 3.63) is 80.9 Å². The molecule has 0 aromatic heterocycles. The number of nitrogens with two attached hydrogens (primary N) is 2. The molecule has 2 radical (unpaired) electrons. The summed E-state index contributed by atoms with van der Waals surface area (Å²) >= 11 is 0. The fourth-order valence-corrected chi connectivity index (χ4v) is 1.04. The second kappa shape index (κ2) is 13.0. The van der Waals surface area contributed by atoms with Crippen molar-refractivity contribution in [1.82, 2.24) is 0 Å². The van der Waals surface area contributed by atoms with Gasteiger partial charge in [-0.15, -0.1) is 0 Å². The van der Waals surface area contributed by atoms with Gasteiger partial charge in [-0.3, -0.25) is 0 Å². The van der Waals surface area contributed by atoms with Crippen LogP contribution in [0.1, 0.15) is 11.1 Å². The Morgan fingerprint density at radius 3 is 0.947 bits per heavy atom. The Balaban J connectivity index is -0.000000233. The summed E-state index contributed by atoms with van der Waals surface area (Å²) in [5.74, 6) is 0. The number of anilines is 2. The molecule has 0 fully saturated rings. The van der Waals surface area contributed by atoms with Crippen LogP contribution in [0.2, 0.25) is 0 Å². The quantitative estimate of drug-likeness (QED) is 0.522. The topological polar surface area (TPSA) is 52.0 Å². The molecule has 0 amide bonds. The van der Waals surface area contributed by atoms with Crippen LogP contribution in [0.3, 0.4) is 0 Å². The second-order valence-corrected chi connectivity index (χ2v) is 3.48. The molecule has 4 heteroatoms. The molecule has 2 aromatic rings. The van der Waals surface area contributed by atoms with Crippen molar-refractivity contribution in [2.45, 2.75) is 0 Å². The molecule has 2 nitrogen and oxygen atoms in total. The van der Waals surface area contributed by atoms with E-state index in [0.29, 0.717) is 0 Å². The maximum Gasteiger partial charge on any atom is 0.00678 e. The molecule has 0 saturated carbocycles.